The summed E-state index contributed by atoms with van der Waals surface area (Å²) >= 11 is 0. The molecule has 0 aromatic heterocycles. The molecular weight excluding hydrogens is 417 g/mol. The highest BCUT2D eigenvalue weighted by atomic mass is 32.2. The summed E-state index contributed by atoms with van der Waals surface area (Å²) in [6, 6.07) is 7.07. The number of sulfonamides is 1. The Morgan fingerprint density at radius 2 is 1.80 bits per heavy atom. The number of piperidine rings is 1. The van der Waals surface area contributed by atoms with E-state index in [1.807, 2.05) is 12.1 Å². The van der Waals surface area contributed by atoms with Crippen molar-refractivity contribution in [2.75, 3.05) is 39.0 Å². The van der Waals surface area contributed by atoms with Gasteiger partial charge in [-0.15, -0.1) is 0 Å². The second kappa shape index (κ2) is 10.8. The van der Waals surface area contributed by atoms with E-state index in [-0.39, 0.29) is 11.8 Å². The first-order chi connectivity index (χ1) is 14.0. The normalized spacial score (nSPS) is 18.0. The molecular formula is C21H33F3N2O3S. The molecule has 1 aliphatic rings. The van der Waals surface area contributed by atoms with Gasteiger partial charge >= 0.3 is 6.18 Å². The summed E-state index contributed by atoms with van der Waals surface area (Å²) in [7, 11) is -3.11. The van der Waals surface area contributed by atoms with Crippen LogP contribution in [-0.2, 0) is 16.4 Å². The number of alkyl halides is 3. The molecule has 0 radical (unpaired) electrons. The van der Waals surface area contributed by atoms with Gasteiger partial charge < -0.3 is 9.64 Å². The van der Waals surface area contributed by atoms with Gasteiger partial charge in [0.15, 0.2) is 6.61 Å². The third-order valence-electron chi connectivity index (χ3n) is 5.53. The lowest BCUT2D eigenvalue weighted by Crippen LogP contribution is -2.44. The van der Waals surface area contributed by atoms with Gasteiger partial charge in [0.1, 0.15) is 5.75 Å². The third kappa shape index (κ3) is 8.43. The zero-order valence-electron chi connectivity index (χ0n) is 18.0. The minimum Gasteiger partial charge on any atom is -0.484 e. The molecule has 2 rings (SSSR count). The highest BCUT2D eigenvalue weighted by molar-refractivity contribution is 7.88. The van der Waals surface area contributed by atoms with E-state index < -0.39 is 22.8 Å². The van der Waals surface area contributed by atoms with Gasteiger partial charge in [0.2, 0.25) is 10.0 Å². The largest absolute Gasteiger partial charge is 0.484 e. The molecule has 0 saturated carbocycles. The lowest BCUT2D eigenvalue weighted by Gasteiger charge is -2.36. The molecule has 1 aromatic carbocycles. The summed E-state index contributed by atoms with van der Waals surface area (Å²) in [6.07, 6.45) is 0.471. The van der Waals surface area contributed by atoms with Gasteiger partial charge in [0, 0.05) is 25.7 Å². The van der Waals surface area contributed by atoms with Crippen LogP contribution in [0.15, 0.2) is 24.3 Å². The van der Waals surface area contributed by atoms with E-state index in [0.29, 0.717) is 19.0 Å². The average molecular weight is 451 g/mol. The van der Waals surface area contributed by atoms with Crippen molar-refractivity contribution >= 4 is 10.0 Å². The minimum absolute atomic E-state index is 0.215. The zero-order chi connectivity index (χ0) is 22.4. The fourth-order valence-corrected chi connectivity index (χ4v) is 4.77. The number of nitrogens with zero attached hydrogens (tertiary/aromatic N) is 2. The second-order valence-electron chi connectivity index (χ2n) is 8.20. The van der Waals surface area contributed by atoms with E-state index in [1.165, 1.54) is 6.26 Å². The van der Waals surface area contributed by atoms with E-state index in [0.717, 1.165) is 44.3 Å². The lowest BCUT2D eigenvalue weighted by atomic mass is 9.96. The SMILES string of the molecule is CCCN(CC1CCN(S(C)(=O)=O)CC1)C(C)Cc1ccc(OCC(F)(F)F)cc1. The Kier molecular flexibility index (Phi) is 8.99. The van der Waals surface area contributed by atoms with Crippen LogP contribution in [0.2, 0.25) is 0 Å². The van der Waals surface area contributed by atoms with Gasteiger partial charge in [0.25, 0.3) is 0 Å². The van der Waals surface area contributed by atoms with Crippen LogP contribution in [0.25, 0.3) is 0 Å². The summed E-state index contributed by atoms with van der Waals surface area (Å²) in [4.78, 5) is 2.44. The summed E-state index contributed by atoms with van der Waals surface area (Å²) < 4.78 is 66.5. The highest BCUT2D eigenvalue weighted by Gasteiger charge is 2.29. The van der Waals surface area contributed by atoms with Crippen molar-refractivity contribution in [1.29, 1.82) is 0 Å². The average Bonchev–Trinajstić information content (AvgIpc) is 2.66. The van der Waals surface area contributed by atoms with Crippen LogP contribution < -0.4 is 4.74 Å². The molecule has 1 fully saturated rings. The summed E-state index contributed by atoms with van der Waals surface area (Å²) in [5.41, 5.74) is 1.05. The van der Waals surface area contributed by atoms with Crippen molar-refractivity contribution in [2.24, 2.45) is 5.92 Å². The van der Waals surface area contributed by atoms with Crippen LogP contribution in [0.1, 0.15) is 38.7 Å². The first-order valence-electron chi connectivity index (χ1n) is 10.5. The van der Waals surface area contributed by atoms with E-state index in [4.69, 9.17) is 4.74 Å². The summed E-state index contributed by atoms with van der Waals surface area (Å²) in [5, 5.41) is 0. The molecule has 1 saturated heterocycles. The fourth-order valence-electron chi connectivity index (χ4n) is 3.89. The Morgan fingerprint density at radius 3 is 2.30 bits per heavy atom. The second-order valence-corrected chi connectivity index (χ2v) is 10.2. The maximum atomic E-state index is 12.3. The fraction of sp³-hybridized carbons (Fsp3) is 0.714. The first kappa shape index (κ1) is 24.9. The number of ether oxygens (including phenoxy) is 1. The molecule has 1 aliphatic heterocycles. The van der Waals surface area contributed by atoms with Crippen LogP contribution in [0, 0.1) is 5.92 Å². The highest BCUT2D eigenvalue weighted by Crippen LogP contribution is 2.23. The molecule has 0 bridgehead atoms. The smallest absolute Gasteiger partial charge is 0.422 e. The first-order valence-corrected chi connectivity index (χ1v) is 12.3. The van der Waals surface area contributed by atoms with Crippen molar-refractivity contribution in [1.82, 2.24) is 9.21 Å². The van der Waals surface area contributed by atoms with Crippen molar-refractivity contribution in [2.45, 2.75) is 51.7 Å². The van der Waals surface area contributed by atoms with Gasteiger partial charge in [-0.05, 0) is 62.8 Å². The van der Waals surface area contributed by atoms with Crippen LogP contribution in [0.4, 0.5) is 13.2 Å². The van der Waals surface area contributed by atoms with Crippen LogP contribution in [0.3, 0.4) is 0 Å². The Labute approximate surface area is 178 Å². The molecule has 0 amide bonds. The molecule has 30 heavy (non-hydrogen) atoms. The number of hydrogen-bond acceptors (Lipinski definition) is 4. The zero-order valence-corrected chi connectivity index (χ0v) is 18.8. The molecule has 1 aromatic rings. The number of halogens is 3. The number of hydrogen-bond donors (Lipinski definition) is 0. The maximum Gasteiger partial charge on any atom is 0.422 e. The van der Waals surface area contributed by atoms with Gasteiger partial charge in [-0.3, -0.25) is 0 Å². The Bertz CT molecular complexity index is 746. The summed E-state index contributed by atoms with van der Waals surface area (Å²) in [5.74, 6) is 0.682. The van der Waals surface area contributed by atoms with Crippen LogP contribution >= 0.6 is 0 Å². The van der Waals surface area contributed by atoms with Gasteiger partial charge in [-0.25, -0.2) is 12.7 Å². The maximum absolute atomic E-state index is 12.3. The Morgan fingerprint density at radius 1 is 1.20 bits per heavy atom. The molecule has 9 heteroatoms. The quantitative estimate of drug-likeness (QED) is 0.542. The predicted octanol–water partition coefficient (Wildman–Crippen LogP) is 3.94. The molecule has 0 spiro atoms. The van der Waals surface area contributed by atoms with E-state index in [2.05, 4.69) is 18.7 Å². The molecule has 5 nitrogen and oxygen atoms in total. The minimum atomic E-state index is -4.34. The molecule has 0 aliphatic carbocycles. The third-order valence-corrected chi connectivity index (χ3v) is 6.83. The molecule has 0 N–H and O–H groups in total. The van der Waals surface area contributed by atoms with Crippen molar-refractivity contribution in [3.05, 3.63) is 29.8 Å². The number of rotatable bonds is 10. The molecule has 1 unspecified atom stereocenters. The Balaban J connectivity index is 1.88. The van der Waals surface area contributed by atoms with Crippen LogP contribution in [0.5, 0.6) is 5.75 Å². The van der Waals surface area contributed by atoms with Crippen molar-refractivity contribution in [3.8, 4) is 5.75 Å². The number of benzene rings is 1. The van der Waals surface area contributed by atoms with E-state index >= 15 is 0 Å². The predicted molar refractivity (Wildman–Crippen MR) is 112 cm³/mol. The van der Waals surface area contributed by atoms with Gasteiger partial charge in [-0.1, -0.05) is 19.1 Å². The van der Waals surface area contributed by atoms with Gasteiger partial charge in [-0.2, -0.15) is 13.2 Å². The topological polar surface area (TPSA) is 49.9 Å². The van der Waals surface area contributed by atoms with E-state index in [9.17, 15) is 21.6 Å². The standard InChI is InChI=1S/C21H33F3N2O3S/c1-4-11-25(15-19-9-12-26(13-10-19)30(3,27)28)17(2)14-18-5-7-20(8-6-18)29-16-21(22,23)24/h5-8,17,19H,4,9-16H2,1-3H3. The van der Waals surface area contributed by atoms with Crippen molar-refractivity contribution < 1.29 is 26.3 Å². The molecule has 1 heterocycles. The Hall–Kier alpha value is -1.32. The van der Waals surface area contributed by atoms with Crippen LogP contribution in [-0.4, -0.2) is 68.9 Å². The monoisotopic (exact) mass is 450 g/mol. The van der Waals surface area contributed by atoms with Crippen molar-refractivity contribution in [3.63, 3.8) is 0 Å². The lowest BCUT2D eigenvalue weighted by molar-refractivity contribution is -0.153. The van der Waals surface area contributed by atoms with Gasteiger partial charge in [0.05, 0.1) is 6.26 Å². The summed E-state index contributed by atoms with van der Waals surface area (Å²) in [6.45, 7) is 6.06. The van der Waals surface area contributed by atoms with E-state index in [1.54, 1.807) is 16.4 Å². The molecule has 172 valence electrons. The molecule has 1 atom stereocenters.